The van der Waals surface area contributed by atoms with Crippen molar-refractivity contribution in [3.05, 3.63) is 76.2 Å². The van der Waals surface area contributed by atoms with Gasteiger partial charge < -0.3 is 19.9 Å². The minimum Gasteiger partial charge on any atom is -0.489 e. The number of carbonyl (C=O) groups is 3. The molecule has 2 N–H and O–H groups in total. The monoisotopic (exact) mass is 696 g/mol. The third-order valence-corrected chi connectivity index (χ3v) is 9.55. The third kappa shape index (κ3) is 7.40. The first-order chi connectivity index (χ1) is 23.7. The zero-order chi connectivity index (χ0) is 35.9. The molecule has 1 atom stereocenters. The van der Waals surface area contributed by atoms with Crippen molar-refractivity contribution in [3.8, 4) is 5.75 Å². The predicted octanol–water partition coefficient (Wildman–Crippen LogP) is 5.94. The van der Waals surface area contributed by atoms with E-state index in [1.54, 1.807) is 6.07 Å². The molecule has 50 heavy (non-hydrogen) atoms. The molecule has 0 radical (unpaired) electrons. The molecule has 3 aliphatic rings. The number of nitrogens with one attached hydrogen (secondary N) is 2. The van der Waals surface area contributed by atoms with Gasteiger partial charge in [-0.15, -0.1) is 0 Å². The summed E-state index contributed by atoms with van der Waals surface area (Å²) < 4.78 is 60.5. The zero-order valence-corrected chi connectivity index (χ0v) is 28.4. The lowest BCUT2D eigenvalue weighted by atomic mass is 10.00. The van der Waals surface area contributed by atoms with Crippen molar-refractivity contribution in [2.75, 3.05) is 30.4 Å². The maximum Gasteiger partial charge on any atom is 0.417 e. The Morgan fingerprint density at radius 3 is 2.46 bits per heavy atom. The van der Waals surface area contributed by atoms with Gasteiger partial charge in [-0.25, -0.2) is 9.37 Å². The number of carbonyl (C=O) groups excluding carboxylic acids is 3. The van der Waals surface area contributed by atoms with Crippen LogP contribution in [0, 0.1) is 12.7 Å². The number of hydrogen-bond acceptors (Lipinski definition) is 8. The highest BCUT2D eigenvalue weighted by Gasteiger charge is 2.40. The molecule has 0 bridgehead atoms. The summed E-state index contributed by atoms with van der Waals surface area (Å²) in [5.74, 6) is -0.918. The highest BCUT2D eigenvalue weighted by atomic mass is 19.4. The van der Waals surface area contributed by atoms with Crippen LogP contribution < -0.4 is 20.3 Å². The number of pyridine rings is 1. The number of hydrogen-bond donors (Lipinski definition) is 2. The molecule has 10 nitrogen and oxygen atoms in total. The number of nitrogens with zero attached hydrogens (tertiary/aromatic N) is 4. The second-order valence-corrected chi connectivity index (χ2v) is 13.5. The Labute approximate surface area is 287 Å². The average molecular weight is 697 g/mol. The van der Waals surface area contributed by atoms with Gasteiger partial charge in [0.25, 0.3) is 5.91 Å². The van der Waals surface area contributed by atoms with Crippen LogP contribution in [-0.4, -0.2) is 70.8 Å². The number of imide groups is 1. The van der Waals surface area contributed by atoms with Gasteiger partial charge in [0.05, 0.1) is 17.4 Å². The van der Waals surface area contributed by atoms with E-state index in [1.807, 2.05) is 40.0 Å². The Morgan fingerprint density at radius 1 is 1.08 bits per heavy atom. The van der Waals surface area contributed by atoms with E-state index in [4.69, 9.17) is 4.74 Å². The molecule has 1 aromatic heterocycles. The smallest absolute Gasteiger partial charge is 0.417 e. The number of ether oxygens (including phenoxy) is 1. The van der Waals surface area contributed by atoms with E-state index < -0.39 is 35.4 Å². The van der Waals surface area contributed by atoms with Gasteiger partial charge in [-0.3, -0.25) is 24.6 Å². The van der Waals surface area contributed by atoms with Crippen LogP contribution in [-0.2, 0) is 28.9 Å². The number of halogens is 4. The molecule has 14 heteroatoms. The molecule has 3 aliphatic heterocycles. The molecule has 6 rings (SSSR count). The minimum atomic E-state index is -4.47. The number of anilines is 3. The molecule has 3 aromatic rings. The second-order valence-electron chi connectivity index (χ2n) is 13.5. The van der Waals surface area contributed by atoms with E-state index >= 15 is 4.39 Å². The summed E-state index contributed by atoms with van der Waals surface area (Å²) >= 11 is 0. The number of alkyl halides is 3. The van der Waals surface area contributed by atoms with Crippen LogP contribution in [0.15, 0.2) is 42.6 Å². The van der Waals surface area contributed by atoms with Crippen LogP contribution in [0.4, 0.5) is 34.8 Å². The first-order valence-electron chi connectivity index (χ1n) is 16.7. The van der Waals surface area contributed by atoms with Gasteiger partial charge in [-0.05, 0) is 88.5 Å². The average Bonchev–Trinajstić information content (AvgIpc) is 3.36. The first kappa shape index (κ1) is 35.1. The number of piperidine rings is 2. The number of aromatic nitrogens is 1. The molecule has 2 saturated heterocycles. The lowest BCUT2D eigenvalue weighted by molar-refractivity contribution is -0.138. The molecule has 1 unspecified atom stereocenters. The summed E-state index contributed by atoms with van der Waals surface area (Å²) in [6.45, 7) is 7.79. The number of benzene rings is 2. The van der Waals surface area contributed by atoms with Crippen LogP contribution >= 0.6 is 0 Å². The van der Waals surface area contributed by atoms with E-state index in [2.05, 4.69) is 25.4 Å². The van der Waals surface area contributed by atoms with Gasteiger partial charge in [0.2, 0.25) is 11.8 Å². The van der Waals surface area contributed by atoms with Crippen LogP contribution in [0.3, 0.4) is 0 Å². The topological polar surface area (TPSA) is 107 Å². The number of fused-ring (bicyclic) bond motifs is 1. The number of rotatable bonds is 9. The third-order valence-electron chi connectivity index (χ3n) is 9.55. The lowest BCUT2D eigenvalue weighted by Gasteiger charge is -2.38. The summed E-state index contributed by atoms with van der Waals surface area (Å²) in [6.07, 6.45) is -1.79. The van der Waals surface area contributed by atoms with Crippen molar-refractivity contribution in [2.24, 2.45) is 0 Å². The summed E-state index contributed by atoms with van der Waals surface area (Å²) in [7, 11) is 1.96. The summed E-state index contributed by atoms with van der Waals surface area (Å²) in [5, 5.41) is 5.39. The molecule has 4 heterocycles. The quantitative estimate of drug-likeness (QED) is 0.209. The van der Waals surface area contributed by atoms with Gasteiger partial charge >= 0.3 is 6.18 Å². The molecule has 0 spiro atoms. The summed E-state index contributed by atoms with van der Waals surface area (Å²) in [5.41, 5.74) is 3.12. The molecule has 2 fully saturated rings. The van der Waals surface area contributed by atoms with Gasteiger partial charge in [-0.2, -0.15) is 13.2 Å². The van der Waals surface area contributed by atoms with E-state index in [1.165, 1.54) is 17.0 Å². The number of aryl methyl sites for hydroxylation is 1. The Bertz CT molecular complexity index is 1790. The highest BCUT2D eigenvalue weighted by Crippen LogP contribution is 2.38. The van der Waals surface area contributed by atoms with Crippen LogP contribution in [0.5, 0.6) is 5.75 Å². The first-order valence-corrected chi connectivity index (χ1v) is 16.7. The summed E-state index contributed by atoms with van der Waals surface area (Å²) in [6, 6.07) is 8.54. The van der Waals surface area contributed by atoms with Crippen molar-refractivity contribution in [1.29, 1.82) is 0 Å². The van der Waals surface area contributed by atoms with Crippen LogP contribution in [0.1, 0.15) is 72.1 Å². The normalized spacial score (nSPS) is 18.6. The SMILES string of the molecule is Cc1cc(Nc2ccc(C(F)(F)F)cn2)c(OC(C)C)cc1N1CCC(N(C)Cc2cc3c(cc2F)C(=O)N(C2CCC(=O)NC2=O)C3)CC1. The molecular formula is C36H40F4N6O4. The van der Waals surface area contributed by atoms with Gasteiger partial charge in [-0.1, -0.05) is 0 Å². The minimum absolute atomic E-state index is 0.149. The molecule has 2 aromatic carbocycles. The van der Waals surface area contributed by atoms with E-state index in [0.29, 0.717) is 29.1 Å². The van der Waals surface area contributed by atoms with E-state index in [-0.39, 0.29) is 48.8 Å². The Hall–Kier alpha value is -4.72. The van der Waals surface area contributed by atoms with E-state index in [0.717, 1.165) is 49.4 Å². The lowest BCUT2D eigenvalue weighted by Crippen LogP contribution is -2.52. The molecule has 3 amide bonds. The summed E-state index contributed by atoms with van der Waals surface area (Å²) in [4.78, 5) is 46.8. The van der Waals surface area contributed by atoms with Crippen molar-refractivity contribution in [1.82, 2.24) is 20.1 Å². The van der Waals surface area contributed by atoms with Crippen molar-refractivity contribution >= 4 is 34.9 Å². The van der Waals surface area contributed by atoms with Crippen molar-refractivity contribution in [3.63, 3.8) is 0 Å². The van der Waals surface area contributed by atoms with E-state index in [9.17, 15) is 27.6 Å². The molecule has 266 valence electrons. The molecular weight excluding hydrogens is 656 g/mol. The van der Waals surface area contributed by atoms with Crippen molar-refractivity contribution < 1.29 is 36.7 Å². The second kappa shape index (κ2) is 13.9. The fraction of sp³-hybridized carbons (Fsp3) is 0.444. The standard InChI is InChI=1S/C36H40F4N6O4/c1-20(2)50-31-16-30(21(3)13-28(31)42-32-7-5-24(17-41-32)36(38,39)40)45-11-9-25(10-12-45)44(4)18-23-14-22-19-46(35(49)26(22)15-27(23)37)29-6-8-33(47)43-34(29)48/h5,7,13-17,20,25,29H,6,8-12,18-19H2,1-4H3,(H,41,42)(H,43,47,48). The van der Waals surface area contributed by atoms with Crippen molar-refractivity contribution in [2.45, 2.75) is 83.9 Å². The maximum atomic E-state index is 15.3. The zero-order valence-electron chi connectivity index (χ0n) is 28.4. The molecule has 0 saturated carbocycles. The van der Waals surface area contributed by atoms with Gasteiger partial charge in [0.1, 0.15) is 23.4 Å². The number of amides is 3. The Balaban J connectivity index is 1.10. The molecule has 0 aliphatic carbocycles. The Kier molecular flexibility index (Phi) is 9.75. The largest absolute Gasteiger partial charge is 0.489 e. The predicted molar refractivity (Wildman–Crippen MR) is 179 cm³/mol. The van der Waals surface area contributed by atoms with Crippen LogP contribution in [0.2, 0.25) is 0 Å². The Morgan fingerprint density at radius 2 is 1.82 bits per heavy atom. The van der Waals surface area contributed by atoms with Gasteiger partial charge in [0, 0.05) is 67.7 Å². The van der Waals surface area contributed by atoms with Crippen LogP contribution in [0.25, 0.3) is 0 Å². The fourth-order valence-electron chi connectivity index (χ4n) is 6.95. The fourth-order valence-corrected chi connectivity index (χ4v) is 6.95. The van der Waals surface area contributed by atoms with Gasteiger partial charge in [0.15, 0.2) is 0 Å². The highest BCUT2D eigenvalue weighted by molar-refractivity contribution is 6.05. The maximum absolute atomic E-state index is 15.3.